The quantitative estimate of drug-likeness (QED) is 0.185. The van der Waals surface area contributed by atoms with Gasteiger partial charge >= 0.3 is 0 Å². The number of nitriles is 1. The van der Waals surface area contributed by atoms with Gasteiger partial charge in [-0.15, -0.1) is 0 Å². The topological polar surface area (TPSA) is 185 Å². The molecule has 0 radical (unpaired) electrons. The van der Waals surface area contributed by atoms with Gasteiger partial charge in [0, 0.05) is 42.3 Å². The Kier molecular flexibility index (Phi) is 10.4. The molecule has 0 fully saturated rings. The van der Waals surface area contributed by atoms with Crippen LogP contribution >= 0.6 is 0 Å². The number of hydrogen-bond donors (Lipinski definition) is 5. The summed E-state index contributed by atoms with van der Waals surface area (Å²) in [5, 5.41) is 17.3. The van der Waals surface area contributed by atoms with Gasteiger partial charge in [-0.1, -0.05) is 13.0 Å². The molecule has 7 N–H and O–H groups in total. The van der Waals surface area contributed by atoms with Gasteiger partial charge in [0.05, 0.1) is 17.9 Å². The molecule has 1 aliphatic rings. The monoisotopic (exact) mass is 593 g/mol. The number of anilines is 2. The molecular formula is C29H33F2N9O3. The number of rotatable bonds is 13. The number of allylic oxidation sites excluding steroid dienone is 4. The molecule has 0 bridgehead atoms. The molecule has 2 aromatic heterocycles. The number of alkyl halides is 2. The third-order valence-electron chi connectivity index (χ3n) is 6.80. The Labute approximate surface area is 246 Å². The number of nitrogens with zero attached hydrogens (tertiary/aromatic N) is 4. The van der Waals surface area contributed by atoms with Gasteiger partial charge in [-0.05, 0) is 49.2 Å². The number of fused-ring (bicyclic) bond motifs is 1. The van der Waals surface area contributed by atoms with Gasteiger partial charge < -0.3 is 32.2 Å². The van der Waals surface area contributed by atoms with Gasteiger partial charge in [-0.2, -0.15) is 5.26 Å². The highest BCUT2D eigenvalue weighted by Gasteiger charge is 2.34. The van der Waals surface area contributed by atoms with Crippen molar-refractivity contribution in [2.24, 2.45) is 11.5 Å². The van der Waals surface area contributed by atoms with Crippen molar-refractivity contribution < 1.29 is 23.1 Å². The van der Waals surface area contributed by atoms with Crippen LogP contribution in [0.1, 0.15) is 35.0 Å². The van der Waals surface area contributed by atoms with Gasteiger partial charge in [-0.25, -0.2) is 18.7 Å². The molecule has 2 unspecified atom stereocenters. The lowest BCUT2D eigenvalue weighted by atomic mass is 9.97. The predicted molar refractivity (Wildman–Crippen MR) is 156 cm³/mol. The Hall–Kier alpha value is -4.87. The van der Waals surface area contributed by atoms with Crippen LogP contribution in [0.15, 0.2) is 54.7 Å². The molecule has 43 heavy (non-hydrogen) atoms. The molecule has 0 aliphatic heterocycles. The van der Waals surface area contributed by atoms with Crippen molar-refractivity contribution >= 4 is 34.5 Å². The third kappa shape index (κ3) is 7.14. The Morgan fingerprint density at radius 1 is 1.19 bits per heavy atom. The molecule has 2 amide bonds. The smallest absolute Gasteiger partial charge is 0.251 e. The van der Waals surface area contributed by atoms with E-state index in [0.717, 1.165) is 5.56 Å². The van der Waals surface area contributed by atoms with E-state index in [1.165, 1.54) is 24.5 Å². The number of nitrogens with one attached hydrogen (secondary N) is 3. The SMILES string of the molecule is CCc1cc(Nc2nccn3c(C4=CC=C(OCC#N)C(F)C4F)cnc23)ccc1C(=O)NCCNC(=O)[C@@H](N)CCN. The molecule has 1 aliphatic carbocycles. The van der Waals surface area contributed by atoms with Crippen molar-refractivity contribution in [2.75, 3.05) is 31.6 Å². The lowest BCUT2D eigenvalue weighted by Crippen LogP contribution is -2.44. The van der Waals surface area contributed by atoms with Gasteiger partial charge in [0.25, 0.3) is 5.91 Å². The second-order valence-corrected chi connectivity index (χ2v) is 9.64. The highest BCUT2D eigenvalue weighted by molar-refractivity contribution is 5.96. The van der Waals surface area contributed by atoms with E-state index >= 15 is 4.39 Å². The molecule has 2 heterocycles. The minimum absolute atomic E-state index is 0.0723. The van der Waals surface area contributed by atoms with Gasteiger partial charge in [0.15, 0.2) is 30.4 Å². The molecule has 0 spiro atoms. The molecule has 4 rings (SSSR count). The highest BCUT2D eigenvalue weighted by atomic mass is 19.2. The predicted octanol–water partition coefficient (Wildman–Crippen LogP) is 2.05. The number of aromatic nitrogens is 3. The van der Waals surface area contributed by atoms with Crippen molar-refractivity contribution in [3.8, 4) is 6.07 Å². The van der Waals surface area contributed by atoms with Gasteiger partial charge in [-0.3, -0.25) is 14.0 Å². The normalized spacial score (nSPS) is 16.9. The van der Waals surface area contributed by atoms with E-state index in [1.54, 1.807) is 28.8 Å². The summed E-state index contributed by atoms with van der Waals surface area (Å²) in [7, 11) is 0. The maximum Gasteiger partial charge on any atom is 0.251 e. The van der Waals surface area contributed by atoms with Crippen LogP contribution in [-0.4, -0.2) is 70.8 Å². The molecule has 3 atom stereocenters. The third-order valence-corrected chi connectivity index (χ3v) is 6.80. The summed E-state index contributed by atoms with van der Waals surface area (Å²) in [4.78, 5) is 33.5. The summed E-state index contributed by atoms with van der Waals surface area (Å²) < 4.78 is 36.3. The maximum atomic E-state index is 15.1. The summed E-state index contributed by atoms with van der Waals surface area (Å²) in [5.41, 5.74) is 13.8. The first-order chi connectivity index (χ1) is 20.8. The second kappa shape index (κ2) is 14.3. The summed E-state index contributed by atoms with van der Waals surface area (Å²) >= 11 is 0. The molecule has 226 valence electrons. The van der Waals surface area contributed by atoms with Crippen LogP contribution in [0.4, 0.5) is 20.3 Å². The zero-order chi connectivity index (χ0) is 30.9. The largest absolute Gasteiger partial charge is 0.480 e. The van der Waals surface area contributed by atoms with Crippen LogP contribution in [0.5, 0.6) is 0 Å². The van der Waals surface area contributed by atoms with Crippen LogP contribution in [0.25, 0.3) is 11.2 Å². The van der Waals surface area contributed by atoms with E-state index in [9.17, 15) is 14.0 Å². The Morgan fingerprint density at radius 2 is 1.98 bits per heavy atom. The molecule has 14 heteroatoms. The van der Waals surface area contributed by atoms with Crippen LogP contribution in [0, 0.1) is 11.3 Å². The van der Waals surface area contributed by atoms with Gasteiger partial charge in [0.1, 0.15) is 11.8 Å². The Bertz CT molecular complexity index is 1580. The lowest BCUT2D eigenvalue weighted by Gasteiger charge is -2.22. The number of imidazole rings is 1. The standard InChI is InChI=1S/C29H33F2N9O3/c1-2-17-15-18(3-4-19(17)28(41)36-10-11-37-29(42)21(34)7-8-32)39-26-27-38-16-22(40(27)13-12-35-26)20-5-6-23(43-14-9-33)25(31)24(20)30/h3-6,12-13,15-16,21,24-25H,2,7-8,10-11,14,32,34H2,1H3,(H,35,39)(H,36,41)(H,37,42)/t21-,24?,25?/m0/s1. The van der Waals surface area contributed by atoms with E-state index in [1.807, 2.05) is 13.0 Å². The zero-order valence-electron chi connectivity index (χ0n) is 23.5. The van der Waals surface area contributed by atoms with E-state index < -0.39 is 18.4 Å². The Morgan fingerprint density at radius 3 is 2.72 bits per heavy atom. The number of amides is 2. The highest BCUT2D eigenvalue weighted by Crippen LogP contribution is 2.33. The maximum absolute atomic E-state index is 15.1. The summed E-state index contributed by atoms with van der Waals surface area (Å²) in [6, 6.07) is 6.28. The van der Waals surface area contributed by atoms with E-state index in [4.69, 9.17) is 21.5 Å². The fourth-order valence-corrected chi connectivity index (χ4v) is 4.57. The van der Waals surface area contributed by atoms with Crippen LogP contribution in [-0.2, 0) is 16.0 Å². The van der Waals surface area contributed by atoms with Crippen LogP contribution < -0.4 is 27.4 Å². The van der Waals surface area contributed by atoms with Crippen molar-refractivity contribution in [3.05, 3.63) is 71.5 Å². The first-order valence-electron chi connectivity index (χ1n) is 13.7. The molecule has 3 aromatic rings. The summed E-state index contributed by atoms with van der Waals surface area (Å²) in [6.45, 7) is 2.30. The fraction of sp³-hybridized carbons (Fsp3) is 0.345. The minimum atomic E-state index is -2.06. The summed E-state index contributed by atoms with van der Waals surface area (Å²) in [5.74, 6) is -0.482. The number of halogens is 2. The van der Waals surface area contributed by atoms with Gasteiger partial charge in [0.2, 0.25) is 5.91 Å². The number of benzene rings is 1. The average Bonchev–Trinajstić information content (AvgIpc) is 3.44. The van der Waals surface area contributed by atoms with Crippen LogP contribution in [0.2, 0.25) is 0 Å². The number of hydrogen-bond acceptors (Lipinski definition) is 9. The molecule has 12 nitrogen and oxygen atoms in total. The number of aryl methyl sites for hydroxylation is 1. The van der Waals surface area contributed by atoms with Crippen molar-refractivity contribution in [3.63, 3.8) is 0 Å². The van der Waals surface area contributed by atoms with E-state index in [0.29, 0.717) is 47.8 Å². The van der Waals surface area contributed by atoms with E-state index in [-0.39, 0.29) is 42.8 Å². The van der Waals surface area contributed by atoms with Crippen LogP contribution in [0.3, 0.4) is 0 Å². The van der Waals surface area contributed by atoms with E-state index in [2.05, 4.69) is 25.9 Å². The molecule has 1 aromatic carbocycles. The minimum Gasteiger partial charge on any atom is -0.480 e. The molecule has 0 saturated carbocycles. The average molecular weight is 594 g/mol. The fourth-order valence-electron chi connectivity index (χ4n) is 4.57. The lowest BCUT2D eigenvalue weighted by molar-refractivity contribution is -0.122. The Balaban J connectivity index is 1.46. The number of ether oxygens (including phenoxy) is 1. The number of nitrogens with two attached hydrogens (primary N) is 2. The zero-order valence-corrected chi connectivity index (χ0v) is 23.5. The number of carbonyl (C=O) groups excluding carboxylic acids is 2. The first kappa shape index (κ1) is 31.1. The van der Waals surface area contributed by atoms with Crippen molar-refractivity contribution in [1.82, 2.24) is 25.0 Å². The number of carbonyl (C=O) groups is 2. The molecule has 0 saturated heterocycles. The van der Waals surface area contributed by atoms with Crippen molar-refractivity contribution in [1.29, 1.82) is 5.26 Å². The molecular weight excluding hydrogens is 560 g/mol. The first-order valence-corrected chi connectivity index (χ1v) is 13.7. The summed E-state index contributed by atoms with van der Waals surface area (Å²) in [6.07, 6.45) is 4.12. The second-order valence-electron chi connectivity index (χ2n) is 9.64. The van der Waals surface area contributed by atoms with Crippen molar-refractivity contribution in [2.45, 2.75) is 38.2 Å².